The van der Waals surface area contributed by atoms with E-state index in [1.54, 1.807) is 11.6 Å². The van der Waals surface area contributed by atoms with Crippen molar-refractivity contribution >= 4 is 34.1 Å². The maximum atomic E-state index is 11.5. The van der Waals surface area contributed by atoms with Crippen LogP contribution in [0.4, 0.5) is 5.13 Å². The number of carbonyl (C=O) groups excluding carboxylic acids is 1. The van der Waals surface area contributed by atoms with Gasteiger partial charge in [-0.3, -0.25) is 14.6 Å². The second kappa shape index (κ2) is 5.55. The van der Waals surface area contributed by atoms with Crippen LogP contribution in [0.15, 0.2) is 27.7 Å². The Bertz CT molecular complexity index is 553. The second-order valence-electron chi connectivity index (χ2n) is 2.81. The van der Waals surface area contributed by atoms with E-state index < -0.39 is 0 Å². The maximum absolute atomic E-state index is 11.5. The third-order valence-electron chi connectivity index (χ3n) is 1.57. The monoisotopic (exact) mass is 269 g/mol. The van der Waals surface area contributed by atoms with Gasteiger partial charge in [-0.1, -0.05) is 11.8 Å². The van der Waals surface area contributed by atoms with Gasteiger partial charge in [0.1, 0.15) is 6.20 Å². The number of hydrogen-bond acceptors (Lipinski definition) is 7. The Balaban J connectivity index is 1.86. The number of carbonyl (C=O) groups is 1. The molecule has 0 unspecified atom stereocenters. The van der Waals surface area contributed by atoms with E-state index in [9.17, 15) is 9.59 Å². The molecule has 2 aromatic heterocycles. The topological polar surface area (TPSA) is 101 Å². The number of thiazole rings is 1. The summed E-state index contributed by atoms with van der Waals surface area (Å²) in [5, 5.41) is 12.4. The minimum atomic E-state index is -0.345. The van der Waals surface area contributed by atoms with Crippen LogP contribution in [-0.4, -0.2) is 31.8 Å². The summed E-state index contributed by atoms with van der Waals surface area (Å²) in [6.45, 7) is 0. The van der Waals surface area contributed by atoms with Crippen molar-refractivity contribution in [2.45, 2.75) is 5.16 Å². The molecule has 0 saturated heterocycles. The highest BCUT2D eigenvalue weighted by atomic mass is 32.2. The van der Waals surface area contributed by atoms with E-state index in [1.165, 1.54) is 11.3 Å². The summed E-state index contributed by atoms with van der Waals surface area (Å²) in [7, 11) is 0. The number of nitrogens with zero attached hydrogens (tertiary/aromatic N) is 3. The van der Waals surface area contributed by atoms with Gasteiger partial charge in [-0.25, -0.2) is 4.98 Å². The number of nitrogens with one attached hydrogen (secondary N) is 2. The molecule has 7 nitrogen and oxygen atoms in total. The average molecular weight is 269 g/mol. The van der Waals surface area contributed by atoms with Crippen LogP contribution in [0.5, 0.6) is 0 Å². The molecule has 9 heteroatoms. The smallest absolute Gasteiger partial charge is 0.270 e. The van der Waals surface area contributed by atoms with E-state index in [-0.39, 0.29) is 17.2 Å². The predicted octanol–water partition coefficient (Wildman–Crippen LogP) is 0.352. The van der Waals surface area contributed by atoms with E-state index in [0.717, 1.165) is 18.0 Å². The molecule has 0 aromatic carbocycles. The van der Waals surface area contributed by atoms with Gasteiger partial charge >= 0.3 is 0 Å². The number of aromatic nitrogens is 4. The molecule has 17 heavy (non-hydrogen) atoms. The third-order valence-corrected chi connectivity index (χ3v) is 3.12. The van der Waals surface area contributed by atoms with E-state index in [2.05, 4.69) is 25.5 Å². The number of thioether (sulfide) groups is 1. The largest absolute Gasteiger partial charge is 0.301 e. The van der Waals surface area contributed by atoms with Crippen molar-refractivity contribution in [2.24, 2.45) is 0 Å². The molecule has 0 fully saturated rings. The molecular weight excluding hydrogens is 262 g/mol. The number of aromatic amines is 1. The minimum absolute atomic E-state index is 0.133. The van der Waals surface area contributed by atoms with Crippen LogP contribution in [0.2, 0.25) is 0 Å². The van der Waals surface area contributed by atoms with Crippen molar-refractivity contribution in [3.63, 3.8) is 0 Å². The quantitative estimate of drug-likeness (QED) is 0.777. The highest BCUT2D eigenvalue weighted by Crippen LogP contribution is 2.13. The predicted molar refractivity (Wildman–Crippen MR) is 64.1 cm³/mol. The summed E-state index contributed by atoms with van der Waals surface area (Å²) >= 11 is 2.44. The fourth-order valence-corrected chi connectivity index (χ4v) is 2.10. The molecule has 2 rings (SSSR count). The Labute approximate surface area is 104 Å². The first-order chi connectivity index (χ1) is 8.24. The Hall–Kier alpha value is -1.74. The Morgan fingerprint density at radius 2 is 2.47 bits per heavy atom. The Morgan fingerprint density at radius 1 is 1.59 bits per heavy atom. The SMILES string of the molecule is O=C(CSc1nncc(=O)[nH]1)Nc1nccs1. The number of rotatable bonds is 4. The summed E-state index contributed by atoms with van der Waals surface area (Å²) in [5.41, 5.74) is -0.345. The van der Waals surface area contributed by atoms with Crippen LogP contribution in [0, 0.1) is 0 Å². The zero-order valence-corrected chi connectivity index (χ0v) is 10.0. The van der Waals surface area contributed by atoms with E-state index >= 15 is 0 Å². The highest BCUT2D eigenvalue weighted by molar-refractivity contribution is 7.99. The van der Waals surface area contributed by atoms with Crippen molar-refractivity contribution in [2.75, 3.05) is 11.1 Å². The van der Waals surface area contributed by atoms with E-state index in [1.807, 2.05) is 0 Å². The van der Waals surface area contributed by atoms with Crippen molar-refractivity contribution in [3.05, 3.63) is 28.1 Å². The normalized spacial score (nSPS) is 10.1. The van der Waals surface area contributed by atoms with Gasteiger partial charge in [-0.2, -0.15) is 5.10 Å². The highest BCUT2D eigenvalue weighted by Gasteiger charge is 2.06. The summed E-state index contributed by atoms with van der Waals surface area (Å²) < 4.78 is 0. The van der Waals surface area contributed by atoms with Gasteiger partial charge in [-0.15, -0.1) is 16.4 Å². The molecular formula is C8H7N5O2S2. The minimum Gasteiger partial charge on any atom is -0.301 e. The Morgan fingerprint density at radius 3 is 3.18 bits per heavy atom. The Kier molecular flexibility index (Phi) is 3.83. The molecule has 2 N–H and O–H groups in total. The number of anilines is 1. The zero-order valence-electron chi connectivity index (χ0n) is 8.41. The van der Waals surface area contributed by atoms with Gasteiger partial charge in [0.25, 0.3) is 5.56 Å². The average Bonchev–Trinajstić information content (AvgIpc) is 2.79. The van der Waals surface area contributed by atoms with Crippen LogP contribution < -0.4 is 10.9 Å². The lowest BCUT2D eigenvalue weighted by Gasteiger charge is -2.00. The van der Waals surface area contributed by atoms with Gasteiger partial charge in [0, 0.05) is 11.6 Å². The molecule has 0 aliphatic heterocycles. The third kappa shape index (κ3) is 3.64. The van der Waals surface area contributed by atoms with Gasteiger partial charge in [0.05, 0.1) is 5.75 Å². The molecule has 0 aliphatic carbocycles. The van der Waals surface area contributed by atoms with E-state index in [0.29, 0.717) is 10.3 Å². The maximum Gasteiger partial charge on any atom is 0.270 e. The number of H-pyrrole nitrogens is 1. The lowest BCUT2D eigenvalue weighted by Crippen LogP contribution is -2.15. The number of hydrogen-bond donors (Lipinski definition) is 2. The van der Waals surface area contributed by atoms with Crippen molar-refractivity contribution < 1.29 is 4.79 Å². The summed E-state index contributed by atoms with van der Waals surface area (Å²) in [5.74, 6) is -0.0785. The van der Waals surface area contributed by atoms with Gasteiger partial charge < -0.3 is 5.32 Å². The molecule has 0 spiro atoms. The van der Waals surface area contributed by atoms with Gasteiger partial charge in [-0.05, 0) is 0 Å². The molecule has 2 heterocycles. The first-order valence-electron chi connectivity index (χ1n) is 4.48. The first kappa shape index (κ1) is 11.7. The standard InChI is InChI=1S/C8H7N5O2S2/c14-5-3-10-13-8(11-5)17-4-6(15)12-7-9-1-2-16-7/h1-3H,4H2,(H,9,12,15)(H,11,13,14). The fraction of sp³-hybridized carbons (Fsp3) is 0.125. The lowest BCUT2D eigenvalue weighted by atomic mass is 10.7. The van der Waals surface area contributed by atoms with Crippen LogP contribution in [0.3, 0.4) is 0 Å². The van der Waals surface area contributed by atoms with Crippen LogP contribution >= 0.6 is 23.1 Å². The summed E-state index contributed by atoms with van der Waals surface area (Å²) in [6.07, 6.45) is 2.67. The molecule has 0 bridgehead atoms. The van der Waals surface area contributed by atoms with Crippen LogP contribution in [0.1, 0.15) is 0 Å². The van der Waals surface area contributed by atoms with E-state index in [4.69, 9.17) is 0 Å². The van der Waals surface area contributed by atoms with Crippen LogP contribution in [-0.2, 0) is 4.79 Å². The molecule has 2 aromatic rings. The van der Waals surface area contributed by atoms with Crippen molar-refractivity contribution in [1.29, 1.82) is 0 Å². The van der Waals surface area contributed by atoms with Gasteiger partial charge in [0.15, 0.2) is 10.3 Å². The molecule has 0 aliphatic rings. The van der Waals surface area contributed by atoms with Crippen molar-refractivity contribution in [1.82, 2.24) is 20.2 Å². The first-order valence-corrected chi connectivity index (χ1v) is 6.35. The fourth-order valence-electron chi connectivity index (χ4n) is 0.936. The molecule has 88 valence electrons. The van der Waals surface area contributed by atoms with Gasteiger partial charge in [0.2, 0.25) is 5.91 Å². The number of amides is 1. The second-order valence-corrected chi connectivity index (χ2v) is 4.67. The summed E-state index contributed by atoms with van der Waals surface area (Å²) in [4.78, 5) is 28.8. The molecule has 0 atom stereocenters. The molecule has 0 saturated carbocycles. The zero-order chi connectivity index (χ0) is 12.1. The lowest BCUT2D eigenvalue weighted by molar-refractivity contribution is -0.113. The van der Waals surface area contributed by atoms with Crippen molar-refractivity contribution in [3.8, 4) is 0 Å². The van der Waals surface area contributed by atoms with Crippen LogP contribution in [0.25, 0.3) is 0 Å². The summed E-state index contributed by atoms with van der Waals surface area (Å²) in [6, 6.07) is 0. The molecule has 1 amide bonds. The molecule has 0 radical (unpaired) electrons.